The van der Waals surface area contributed by atoms with Gasteiger partial charge >= 0.3 is 6.03 Å². The van der Waals surface area contributed by atoms with E-state index in [2.05, 4.69) is 29.6 Å². The Morgan fingerprint density at radius 1 is 1.24 bits per heavy atom. The van der Waals surface area contributed by atoms with E-state index in [0.717, 1.165) is 32.1 Å². The Morgan fingerprint density at radius 2 is 2.05 bits per heavy atom. The molecular formula is C17H24N2O2. The van der Waals surface area contributed by atoms with Gasteiger partial charge in [-0.25, -0.2) is 4.79 Å². The normalized spacial score (nSPS) is 21.3. The zero-order valence-electron chi connectivity index (χ0n) is 12.4. The van der Waals surface area contributed by atoms with E-state index in [1.807, 2.05) is 0 Å². The average molecular weight is 288 g/mol. The van der Waals surface area contributed by atoms with E-state index in [0.29, 0.717) is 12.6 Å². The van der Waals surface area contributed by atoms with Crippen LogP contribution in [0.15, 0.2) is 24.3 Å². The fraction of sp³-hybridized carbons (Fsp3) is 0.588. The van der Waals surface area contributed by atoms with Gasteiger partial charge < -0.3 is 15.3 Å². The van der Waals surface area contributed by atoms with Crippen LogP contribution in [0.25, 0.3) is 0 Å². The van der Waals surface area contributed by atoms with E-state index in [9.17, 15) is 4.79 Å². The van der Waals surface area contributed by atoms with Gasteiger partial charge in [0.15, 0.2) is 0 Å². The van der Waals surface area contributed by atoms with Crippen LogP contribution in [0.5, 0.6) is 0 Å². The summed E-state index contributed by atoms with van der Waals surface area (Å²) in [7, 11) is 0. The van der Waals surface area contributed by atoms with Crippen molar-refractivity contribution in [1.82, 2.24) is 10.2 Å². The van der Waals surface area contributed by atoms with Crippen LogP contribution in [-0.4, -0.2) is 35.2 Å². The first-order valence-corrected chi connectivity index (χ1v) is 8.05. The molecule has 4 nitrogen and oxygen atoms in total. The number of benzene rings is 1. The quantitative estimate of drug-likeness (QED) is 0.837. The van der Waals surface area contributed by atoms with Crippen molar-refractivity contribution in [1.29, 1.82) is 0 Å². The van der Waals surface area contributed by atoms with Crippen LogP contribution in [0.4, 0.5) is 4.79 Å². The maximum absolute atomic E-state index is 12.5. The molecule has 2 aliphatic carbocycles. The number of fused-ring (bicyclic) bond motifs is 1. The van der Waals surface area contributed by atoms with Crippen molar-refractivity contribution in [3.8, 4) is 0 Å². The zero-order chi connectivity index (χ0) is 14.7. The largest absolute Gasteiger partial charge is 0.395 e. The number of nitrogens with one attached hydrogen (secondary N) is 1. The first-order chi connectivity index (χ1) is 10.3. The third-order valence-electron chi connectivity index (χ3n) is 4.51. The molecule has 0 unspecified atom stereocenters. The molecule has 0 spiro atoms. The van der Waals surface area contributed by atoms with Crippen molar-refractivity contribution in [3.63, 3.8) is 0 Å². The number of rotatable bonds is 4. The Balaban J connectivity index is 1.72. The molecule has 0 bridgehead atoms. The lowest BCUT2D eigenvalue weighted by Gasteiger charge is -2.26. The van der Waals surface area contributed by atoms with E-state index >= 15 is 0 Å². The fourth-order valence-electron chi connectivity index (χ4n) is 3.25. The standard InChI is InChI=1S/C17H24N2O2/c20-12-11-19(14-9-10-14)17(21)18-16-8-4-2-6-13-5-1-3-7-15(13)16/h1,3,5,7,14,16,20H,2,4,6,8-12H2,(H,18,21)/t16-/m1/s1. The number of hydrogen-bond acceptors (Lipinski definition) is 2. The summed E-state index contributed by atoms with van der Waals surface area (Å²) in [6, 6.07) is 8.86. The van der Waals surface area contributed by atoms with Gasteiger partial charge in [-0.05, 0) is 43.2 Å². The molecule has 114 valence electrons. The number of aliphatic hydroxyl groups excluding tert-OH is 1. The number of aryl methyl sites for hydroxylation is 1. The molecule has 3 rings (SSSR count). The fourth-order valence-corrected chi connectivity index (χ4v) is 3.25. The SMILES string of the molecule is O=C(N[C@@H]1CCCCc2ccccc21)N(CCO)C1CC1. The Labute approximate surface area is 126 Å². The third kappa shape index (κ3) is 3.38. The van der Waals surface area contributed by atoms with Gasteiger partial charge in [0.05, 0.1) is 12.6 Å². The molecule has 1 saturated carbocycles. The van der Waals surface area contributed by atoms with Crippen molar-refractivity contribution in [2.45, 2.75) is 50.6 Å². The third-order valence-corrected chi connectivity index (χ3v) is 4.51. The van der Waals surface area contributed by atoms with Crippen LogP contribution in [0, 0.1) is 0 Å². The van der Waals surface area contributed by atoms with E-state index in [-0.39, 0.29) is 18.7 Å². The van der Waals surface area contributed by atoms with Gasteiger partial charge in [-0.3, -0.25) is 0 Å². The van der Waals surface area contributed by atoms with E-state index < -0.39 is 0 Å². The van der Waals surface area contributed by atoms with Crippen LogP contribution in [-0.2, 0) is 6.42 Å². The number of aliphatic hydroxyl groups is 1. The summed E-state index contributed by atoms with van der Waals surface area (Å²) in [5.41, 5.74) is 2.63. The molecule has 2 amide bonds. The lowest BCUT2D eigenvalue weighted by Crippen LogP contribution is -2.44. The number of carbonyl (C=O) groups excluding carboxylic acids is 1. The summed E-state index contributed by atoms with van der Waals surface area (Å²) < 4.78 is 0. The van der Waals surface area contributed by atoms with Gasteiger partial charge in [0.2, 0.25) is 0 Å². The van der Waals surface area contributed by atoms with E-state index in [4.69, 9.17) is 5.11 Å². The number of nitrogens with zero attached hydrogens (tertiary/aromatic N) is 1. The van der Waals surface area contributed by atoms with Crippen molar-refractivity contribution in [2.24, 2.45) is 0 Å². The van der Waals surface area contributed by atoms with Gasteiger partial charge in [0.1, 0.15) is 0 Å². The number of hydrogen-bond donors (Lipinski definition) is 2. The Bertz CT molecular complexity index is 499. The van der Waals surface area contributed by atoms with E-state index in [1.165, 1.54) is 17.5 Å². The van der Waals surface area contributed by atoms with Crippen LogP contribution in [0.1, 0.15) is 49.3 Å². The molecule has 1 fully saturated rings. The van der Waals surface area contributed by atoms with Gasteiger partial charge in [0, 0.05) is 12.6 Å². The first-order valence-electron chi connectivity index (χ1n) is 8.05. The Hall–Kier alpha value is -1.55. The van der Waals surface area contributed by atoms with Crippen molar-refractivity contribution in [3.05, 3.63) is 35.4 Å². The number of carbonyl (C=O) groups is 1. The molecule has 1 atom stereocenters. The van der Waals surface area contributed by atoms with E-state index in [1.54, 1.807) is 4.90 Å². The lowest BCUT2D eigenvalue weighted by molar-refractivity contribution is 0.170. The van der Waals surface area contributed by atoms with Crippen molar-refractivity contribution < 1.29 is 9.90 Å². The molecule has 0 saturated heterocycles. The van der Waals surface area contributed by atoms with Crippen molar-refractivity contribution >= 4 is 6.03 Å². The topological polar surface area (TPSA) is 52.6 Å². The number of urea groups is 1. The second kappa shape index (κ2) is 6.48. The van der Waals surface area contributed by atoms with Gasteiger partial charge in [0.25, 0.3) is 0 Å². The van der Waals surface area contributed by atoms with Crippen molar-refractivity contribution in [2.75, 3.05) is 13.2 Å². The lowest BCUT2D eigenvalue weighted by atomic mass is 9.99. The molecule has 4 heteroatoms. The van der Waals surface area contributed by atoms with Crippen LogP contribution in [0.3, 0.4) is 0 Å². The molecule has 1 aromatic rings. The first kappa shape index (κ1) is 14.4. The van der Waals surface area contributed by atoms with Gasteiger partial charge in [-0.1, -0.05) is 30.7 Å². The average Bonchev–Trinajstić information content (AvgIpc) is 3.33. The number of amides is 2. The molecule has 0 aliphatic heterocycles. The minimum atomic E-state index is -0.0201. The smallest absolute Gasteiger partial charge is 0.318 e. The highest BCUT2D eigenvalue weighted by Gasteiger charge is 2.33. The molecular weight excluding hydrogens is 264 g/mol. The van der Waals surface area contributed by atoms with Crippen LogP contribution >= 0.6 is 0 Å². The Kier molecular flexibility index (Phi) is 4.44. The summed E-state index contributed by atoms with van der Waals surface area (Å²) in [5.74, 6) is 0. The van der Waals surface area contributed by atoms with Crippen LogP contribution < -0.4 is 5.32 Å². The molecule has 2 N–H and O–H groups in total. The highest BCUT2D eigenvalue weighted by Crippen LogP contribution is 2.30. The monoisotopic (exact) mass is 288 g/mol. The highest BCUT2D eigenvalue weighted by atomic mass is 16.3. The Morgan fingerprint density at radius 3 is 2.81 bits per heavy atom. The van der Waals surface area contributed by atoms with Gasteiger partial charge in [-0.2, -0.15) is 0 Å². The summed E-state index contributed by atoms with van der Waals surface area (Å²) in [5, 5.41) is 12.3. The maximum atomic E-state index is 12.5. The predicted octanol–water partition coefficient (Wildman–Crippen LogP) is 2.62. The minimum Gasteiger partial charge on any atom is -0.395 e. The molecule has 2 aliphatic rings. The summed E-state index contributed by atoms with van der Waals surface area (Å²) >= 11 is 0. The second-order valence-electron chi connectivity index (χ2n) is 6.09. The molecule has 0 radical (unpaired) electrons. The highest BCUT2D eigenvalue weighted by molar-refractivity contribution is 5.75. The summed E-state index contributed by atoms with van der Waals surface area (Å²) in [4.78, 5) is 14.3. The molecule has 1 aromatic carbocycles. The minimum absolute atomic E-state index is 0.0201. The second-order valence-corrected chi connectivity index (χ2v) is 6.09. The molecule has 0 heterocycles. The summed E-state index contributed by atoms with van der Waals surface area (Å²) in [6.07, 6.45) is 6.56. The molecule has 21 heavy (non-hydrogen) atoms. The zero-order valence-corrected chi connectivity index (χ0v) is 12.4. The maximum Gasteiger partial charge on any atom is 0.318 e. The molecule has 0 aromatic heterocycles. The van der Waals surface area contributed by atoms with Crippen LogP contribution in [0.2, 0.25) is 0 Å². The summed E-state index contributed by atoms with van der Waals surface area (Å²) in [6.45, 7) is 0.468. The van der Waals surface area contributed by atoms with Gasteiger partial charge in [-0.15, -0.1) is 0 Å². The predicted molar refractivity (Wildman–Crippen MR) is 82.1 cm³/mol.